The zero-order valence-electron chi connectivity index (χ0n) is 48.9. The van der Waals surface area contributed by atoms with Crippen LogP contribution in [0.1, 0.15) is 94.6 Å². The van der Waals surface area contributed by atoms with Gasteiger partial charge >= 0.3 is 0 Å². The lowest BCUT2D eigenvalue weighted by Gasteiger charge is -2.26. The first-order valence-electron chi connectivity index (χ1n) is 29.0. The average molecular weight is 1170 g/mol. The standard InChI is InChI=1S/C66H78N10O10/c1-39(2)33-47(61(67)81)73-65(85)51(37-43-21-13-7-14-22-43)75-63(83)49(35-41-17-9-5-10-18-41)71-31-29-69-45-25-26-46(56-55(45)59(79)57-53(77)27-28-54(78)58(57)60(56)80)70-30-32-72-50(36-42-19-11-6-12-20-42)64(84)76-52(38-44-23-15-8-16-24-44)66(86)74-48(62(68)82)34-40(3)4/h5-28,39-40,47-52,69-72,77-78H,29-38H2,1-4H3,(H2,67,81)(H2,68,82)(H,73,85)(H,74,86)(H,75,83)(H,76,84)/t47-,48-,49-,50-,51-,52-/m0/s1. The minimum absolute atomic E-state index is 0.0372. The first-order valence-corrected chi connectivity index (χ1v) is 29.0. The summed E-state index contributed by atoms with van der Waals surface area (Å²) in [7, 11) is 0. The van der Waals surface area contributed by atoms with Crippen LogP contribution in [-0.2, 0) is 54.5 Å². The van der Waals surface area contributed by atoms with Gasteiger partial charge in [-0.2, -0.15) is 0 Å². The summed E-state index contributed by atoms with van der Waals surface area (Å²) in [5, 5.41) is 46.5. The van der Waals surface area contributed by atoms with Gasteiger partial charge in [0.2, 0.25) is 47.0 Å². The molecular formula is C66H78N10O10. The van der Waals surface area contributed by atoms with E-state index in [0.717, 1.165) is 34.4 Å². The number of anilines is 2. The van der Waals surface area contributed by atoms with Gasteiger partial charge in [0, 0.05) is 50.4 Å². The molecule has 6 aromatic carbocycles. The molecule has 0 spiro atoms. The summed E-state index contributed by atoms with van der Waals surface area (Å²) in [6, 6.07) is 36.4. The largest absolute Gasteiger partial charge is 0.507 e. The van der Waals surface area contributed by atoms with Crippen LogP contribution in [0.25, 0.3) is 0 Å². The molecule has 0 aliphatic heterocycles. The van der Waals surface area contributed by atoms with Crippen molar-refractivity contribution in [2.45, 2.75) is 102 Å². The molecule has 0 bridgehead atoms. The van der Waals surface area contributed by atoms with Gasteiger partial charge in [0.15, 0.2) is 0 Å². The van der Waals surface area contributed by atoms with E-state index in [9.17, 15) is 48.6 Å². The van der Waals surface area contributed by atoms with Crippen LogP contribution >= 0.6 is 0 Å². The number of amides is 6. The van der Waals surface area contributed by atoms with Gasteiger partial charge in [0.25, 0.3) is 0 Å². The fourth-order valence-corrected chi connectivity index (χ4v) is 10.4. The van der Waals surface area contributed by atoms with Crippen molar-refractivity contribution in [1.82, 2.24) is 31.9 Å². The van der Waals surface area contributed by atoms with Gasteiger partial charge < -0.3 is 64.2 Å². The lowest BCUT2D eigenvalue weighted by Crippen LogP contribution is -2.57. The second-order valence-electron chi connectivity index (χ2n) is 22.4. The van der Waals surface area contributed by atoms with Crippen LogP contribution in [0.2, 0.25) is 0 Å². The maximum Gasteiger partial charge on any atom is 0.243 e. The van der Waals surface area contributed by atoms with E-state index < -0.39 is 94.8 Å². The Morgan fingerprint density at radius 3 is 0.942 bits per heavy atom. The first kappa shape index (κ1) is 64.2. The van der Waals surface area contributed by atoms with Gasteiger partial charge in [-0.15, -0.1) is 0 Å². The lowest BCUT2D eigenvalue weighted by atomic mass is 9.81. The molecule has 0 heterocycles. The summed E-state index contributed by atoms with van der Waals surface area (Å²) >= 11 is 0. The second-order valence-corrected chi connectivity index (χ2v) is 22.4. The third-order valence-electron chi connectivity index (χ3n) is 14.7. The number of nitrogens with one attached hydrogen (secondary N) is 8. The molecule has 0 aromatic heterocycles. The molecule has 7 rings (SSSR count). The second kappa shape index (κ2) is 30.9. The van der Waals surface area contributed by atoms with Crippen LogP contribution in [0.4, 0.5) is 11.4 Å². The predicted molar refractivity (Wildman–Crippen MR) is 329 cm³/mol. The molecule has 1 aliphatic carbocycles. The topological polar surface area (TPSA) is 325 Å². The van der Waals surface area contributed by atoms with Crippen LogP contribution < -0.4 is 54.0 Å². The molecule has 1 aliphatic rings. The fourth-order valence-electron chi connectivity index (χ4n) is 10.4. The zero-order chi connectivity index (χ0) is 61.9. The molecule has 0 saturated carbocycles. The van der Waals surface area contributed by atoms with Crippen molar-refractivity contribution in [3.63, 3.8) is 0 Å². The highest BCUT2D eigenvalue weighted by atomic mass is 16.3. The molecule has 6 aromatic rings. The van der Waals surface area contributed by atoms with E-state index >= 15 is 0 Å². The maximum atomic E-state index is 14.6. The number of phenols is 2. The van der Waals surface area contributed by atoms with E-state index in [1.807, 2.05) is 149 Å². The highest BCUT2D eigenvalue weighted by Crippen LogP contribution is 2.42. The molecule has 0 saturated heterocycles. The van der Waals surface area contributed by atoms with Crippen molar-refractivity contribution < 1.29 is 48.6 Å². The quantitative estimate of drug-likeness (QED) is 0.0203. The van der Waals surface area contributed by atoms with Crippen molar-refractivity contribution >= 4 is 58.4 Å². The minimum atomic E-state index is -1.09. The summed E-state index contributed by atoms with van der Waals surface area (Å²) in [6.07, 6.45) is 1.25. The number of benzene rings is 6. The Morgan fingerprint density at radius 1 is 0.372 bits per heavy atom. The smallest absolute Gasteiger partial charge is 0.243 e. The van der Waals surface area contributed by atoms with E-state index in [-0.39, 0.29) is 97.3 Å². The highest BCUT2D eigenvalue weighted by Gasteiger charge is 2.39. The summed E-state index contributed by atoms with van der Waals surface area (Å²) in [5.41, 5.74) is 14.1. The molecule has 6 amide bonds. The Bertz CT molecular complexity index is 3110. The Morgan fingerprint density at radius 2 is 0.651 bits per heavy atom. The van der Waals surface area contributed by atoms with E-state index in [2.05, 4.69) is 42.5 Å². The molecular weight excluding hydrogens is 1090 g/mol. The van der Waals surface area contributed by atoms with Gasteiger partial charge in [-0.1, -0.05) is 149 Å². The van der Waals surface area contributed by atoms with Gasteiger partial charge in [0.1, 0.15) is 35.7 Å². The zero-order valence-corrected chi connectivity index (χ0v) is 48.9. The van der Waals surface area contributed by atoms with E-state index in [4.69, 9.17) is 11.5 Å². The van der Waals surface area contributed by atoms with Crippen LogP contribution in [0.5, 0.6) is 11.5 Å². The molecule has 20 heteroatoms. The summed E-state index contributed by atoms with van der Waals surface area (Å²) in [5.74, 6) is -5.97. The average Bonchev–Trinajstić information content (AvgIpc) is 0.973. The fraction of sp³-hybridized carbons (Fsp3) is 0.333. The number of phenolic OH excluding ortho intramolecular Hbond substituents is 2. The van der Waals surface area contributed by atoms with Gasteiger partial charge in [0.05, 0.1) is 34.3 Å². The summed E-state index contributed by atoms with van der Waals surface area (Å²) in [4.78, 5) is 111. The van der Waals surface area contributed by atoms with Crippen LogP contribution in [-0.4, -0.2) is 120 Å². The number of carbonyl (C=O) groups excluding carboxylic acids is 8. The SMILES string of the molecule is CC(C)C[C@H](NC(=O)[C@H](Cc1ccccc1)NC(=O)[C@H](Cc1ccccc1)NCCNc1ccc(NCCN[C@@H](Cc2ccccc2)C(=O)N[C@@H](Cc2ccccc2)C(=O)N[C@@H](CC(C)C)C(N)=O)c2c1C(=O)c1c(O)ccc(O)c1C2=O)C(N)=O. The van der Waals surface area contributed by atoms with Gasteiger partial charge in [-0.3, -0.25) is 38.4 Å². The Balaban J connectivity index is 1.10. The number of ketones is 2. The Kier molecular flexibility index (Phi) is 23.1. The number of aromatic hydroxyl groups is 2. The molecule has 20 nitrogen and oxygen atoms in total. The summed E-state index contributed by atoms with van der Waals surface area (Å²) < 4.78 is 0. The molecule has 452 valence electrons. The lowest BCUT2D eigenvalue weighted by molar-refractivity contribution is -0.132. The van der Waals surface area contributed by atoms with Crippen LogP contribution in [0, 0.1) is 11.8 Å². The number of primary amides is 2. The molecule has 0 radical (unpaired) electrons. The van der Waals surface area contributed by atoms with Crippen molar-refractivity contribution in [3.05, 3.63) is 190 Å². The number of rotatable bonds is 32. The Hall–Kier alpha value is -9.40. The van der Waals surface area contributed by atoms with Crippen molar-refractivity contribution in [3.8, 4) is 11.5 Å². The molecule has 14 N–H and O–H groups in total. The number of hydrogen-bond donors (Lipinski definition) is 12. The van der Waals surface area contributed by atoms with Gasteiger partial charge in [-0.25, -0.2) is 0 Å². The van der Waals surface area contributed by atoms with Crippen molar-refractivity contribution in [1.29, 1.82) is 0 Å². The highest BCUT2D eigenvalue weighted by molar-refractivity contribution is 6.33. The van der Waals surface area contributed by atoms with Crippen LogP contribution in [0.15, 0.2) is 146 Å². The monoisotopic (exact) mass is 1170 g/mol. The van der Waals surface area contributed by atoms with E-state index in [1.54, 1.807) is 12.1 Å². The third kappa shape index (κ3) is 17.8. The maximum absolute atomic E-state index is 14.6. The number of nitrogens with two attached hydrogens (primary N) is 2. The van der Waals surface area contributed by atoms with Crippen LogP contribution in [0.3, 0.4) is 0 Å². The number of hydrogen-bond acceptors (Lipinski definition) is 14. The van der Waals surface area contributed by atoms with E-state index in [1.165, 1.54) is 0 Å². The molecule has 0 unspecified atom stereocenters. The molecule has 6 atom stereocenters. The predicted octanol–water partition coefficient (Wildman–Crippen LogP) is 4.59. The van der Waals surface area contributed by atoms with Crippen molar-refractivity contribution in [2.75, 3.05) is 36.8 Å². The summed E-state index contributed by atoms with van der Waals surface area (Å²) in [6.45, 7) is 8.02. The van der Waals surface area contributed by atoms with Crippen molar-refractivity contribution in [2.24, 2.45) is 23.3 Å². The minimum Gasteiger partial charge on any atom is -0.507 e. The number of carbonyl (C=O) groups is 8. The van der Waals surface area contributed by atoms with Gasteiger partial charge in [-0.05, 0) is 84.0 Å². The van der Waals surface area contributed by atoms with E-state index in [0.29, 0.717) is 12.8 Å². The first-order chi connectivity index (χ1) is 41.3. The molecule has 86 heavy (non-hydrogen) atoms. The third-order valence-corrected chi connectivity index (χ3v) is 14.7. The Labute approximate surface area is 501 Å². The number of fused-ring (bicyclic) bond motifs is 2. The normalized spacial score (nSPS) is 13.9. The molecule has 0 fully saturated rings.